The van der Waals surface area contributed by atoms with Crippen LogP contribution in [0.1, 0.15) is 32.6 Å². The van der Waals surface area contributed by atoms with Gasteiger partial charge in [-0.05, 0) is 38.7 Å². The van der Waals surface area contributed by atoms with Crippen LogP contribution in [0.4, 0.5) is 5.82 Å². The number of fused-ring (bicyclic) bond motifs is 2. The van der Waals surface area contributed by atoms with Crippen molar-refractivity contribution in [2.75, 3.05) is 18.6 Å². The minimum Gasteiger partial charge on any atom is -0.481 e. The molecule has 2 unspecified atom stereocenters. The predicted octanol–water partition coefficient (Wildman–Crippen LogP) is 2.20. The molecule has 1 N–H and O–H groups in total. The van der Waals surface area contributed by atoms with Gasteiger partial charge in [0.25, 0.3) is 0 Å². The zero-order chi connectivity index (χ0) is 13.2. The van der Waals surface area contributed by atoms with Crippen molar-refractivity contribution in [1.82, 2.24) is 10.3 Å². The van der Waals surface area contributed by atoms with Gasteiger partial charge in [-0.3, -0.25) is 0 Å². The van der Waals surface area contributed by atoms with Gasteiger partial charge in [0.1, 0.15) is 5.82 Å². The quantitative estimate of drug-likeness (QED) is 0.901. The Balaban J connectivity index is 1.79. The lowest BCUT2D eigenvalue weighted by Gasteiger charge is -2.38. The van der Waals surface area contributed by atoms with E-state index in [-0.39, 0.29) is 0 Å². The summed E-state index contributed by atoms with van der Waals surface area (Å²) < 4.78 is 5.24. The molecule has 3 rings (SSSR count). The number of piperidine rings is 1. The van der Waals surface area contributed by atoms with E-state index in [0.717, 1.165) is 12.4 Å². The van der Waals surface area contributed by atoms with Crippen LogP contribution in [0.5, 0.6) is 5.88 Å². The molecule has 1 aromatic rings. The van der Waals surface area contributed by atoms with Gasteiger partial charge >= 0.3 is 0 Å². The molecule has 2 atom stereocenters. The molecule has 2 saturated heterocycles. The molecule has 0 aliphatic carbocycles. The number of anilines is 1. The smallest absolute Gasteiger partial charge is 0.214 e. The SMILES string of the molecule is CCN(c1cccc(OC)n1)C1CC2CCC(C1)N2. The molecule has 2 fully saturated rings. The fraction of sp³-hybridized carbons (Fsp3) is 0.667. The van der Waals surface area contributed by atoms with Crippen molar-refractivity contribution >= 4 is 5.82 Å². The van der Waals surface area contributed by atoms with Crippen LogP contribution in [0.25, 0.3) is 0 Å². The van der Waals surface area contributed by atoms with E-state index < -0.39 is 0 Å². The van der Waals surface area contributed by atoms with Crippen molar-refractivity contribution in [2.45, 2.75) is 50.7 Å². The number of methoxy groups -OCH3 is 1. The molecule has 2 aliphatic heterocycles. The summed E-state index contributed by atoms with van der Waals surface area (Å²) in [5, 5.41) is 3.70. The van der Waals surface area contributed by atoms with Crippen molar-refractivity contribution in [1.29, 1.82) is 0 Å². The topological polar surface area (TPSA) is 37.4 Å². The van der Waals surface area contributed by atoms with Gasteiger partial charge in [-0.1, -0.05) is 6.07 Å². The van der Waals surface area contributed by atoms with Crippen LogP contribution < -0.4 is 15.0 Å². The lowest BCUT2D eigenvalue weighted by Crippen LogP contribution is -2.48. The first-order valence-electron chi connectivity index (χ1n) is 7.34. The van der Waals surface area contributed by atoms with E-state index >= 15 is 0 Å². The molecule has 4 nitrogen and oxygen atoms in total. The second kappa shape index (κ2) is 5.37. The number of nitrogens with one attached hydrogen (secondary N) is 1. The molecular weight excluding hydrogens is 238 g/mol. The second-order valence-corrected chi connectivity index (χ2v) is 5.59. The number of hydrogen-bond donors (Lipinski definition) is 1. The van der Waals surface area contributed by atoms with Gasteiger partial charge in [-0.2, -0.15) is 4.98 Å². The van der Waals surface area contributed by atoms with E-state index in [0.29, 0.717) is 24.0 Å². The van der Waals surface area contributed by atoms with E-state index in [1.165, 1.54) is 25.7 Å². The van der Waals surface area contributed by atoms with Gasteiger partial charge in [0.15, 0.2) is 0 Å². The highest BCUT2D eigenvalue weighted by Gasteiger charge is 2.36. The molecule has 104 valence electrons. The first kappa shape index (κ1) is 12.7. The molecule has 0 spiro atoms. The Morgan fingerprint density at radius 2 is 2.05 bits per heavy atom. The maximum absolute atomic E-state index is 5.24. The largest absolute Gasteiger partial charge is 0.481 e. The Hall–Kier alpha value is -1.29. The van der Waals surface area contributed by atoms with Gasteiger partial charge in [0, 0.05) is 30.7 Å². The number of aromatic nitrogens is 1. The highest BCUT2D eigenvalue weighted by atomic mass is 16.5. The second-order valence-electron chi connectivity index (χ2n) is 5.59. The summed E-state index contributed by atoms with van der Waals surface area (Å²) in [7, 11) is 1.67. The van der Waals surface area contributed by atoms with Crippen LogP contribution in [0, 0.1) is 0 Å². The molecule has 0 amide bonds. The lowest BCUT2D eigenvalue weighted by molar-refractivity contribution is 0.346. The van der Waals surface area contributed by atoms with Crippen LogP contribution >= 0.6 is 0 Å². The zero-order valence-electron chi connectivity index (χ0n) is 11.8. The Bertz CT molecular complexity index is 425. The van der Waals surface area contributed by atoms with Crippen LogP contribution in [-0.2, 0) is 0 Å². The molecule has 0 radical (unpaired) electrons. The fourth-order valence-electron chi connectivity index (χ4n) is 3.57. The summed E-state index contributed by atoms with van der Waals surface area (Å²) in [5.74, 6) is 1.75. The highest BCUT2D eigenvalue weighted by Crippen LogP contribution is 2.31. The zero-order valence-corrected chi connectivity index (χ0v) is 11.8. The summed E-state index contributed by atoms with van der Waals surface area (Å²) in [5.41, 5.74) is 0. The number of hydrogen-bond acceptors (Lipinski definition) is 4. The molecular formula is C15H23N3O. The third-order valence-electron chi connectivity index (χ3n) is 4.44. The van der Waals surface area contributed by atoms with Gasteiger partial charge < -0.3 is 15.0 Å². The predicted molar refractivity (Wildman–Crippen MR) is 76.8 cm³/mol. The van der Waals surface area contributed by atoms with E-state index in [1.54, 1.807) is 7.11 Å². The maximum atomic E-state index is 5.24. The minimum absolute atomic E-state index is 0.614. The Labute approximate surface area is 115 Å². The van der Waals surface area contributed by atoms with Crippen LogP contribution in [-0.4, -0.2) is 36.8 Å². The third-order valence-corrected chi connectivity index (χ3v) is 4.44. The summed E-state index contributed by atoms with van der Waals surface area (Å²) >= 11 is 0. The van der Waals surface area contributed by atoms with E-state index in [1.807, 2.05) is 12.1 Å². The molecule has 0 saturated carbocycles. The van der Waals surface area contributed by atoms with Gasteiger partial charge in [-0.25, -0.2) is 0 Å². The number of nitrogens with zero attached hydrogens (tertiary/aromatic N) is 2. The summed E-state index contributed by atoms with van der Waals surface area (Å²) in [6.07, 6.45) is 5.15. The first-order chi connectivity index (χ1) is 9.30. The third kappa shape index (κ3) is 2.54. The Morgan fingerprint density at radius 3 is 2.68 bits per heavy atom. The normalized spacial score (nSPS) is 29.3. The monoisotopic (exact) mass is 261 g/mol. The van der Waals surface area contributed by atoms with Crippen molar-refractivity contribution < 1.29 is 4.74 Å². The van der Waals surface area contributed by atoms with Crippen LogP contribution in [0.3, 0.4) is 0 Å². The number of ether oxygens (including phenoxy) is 1. The van der Waals surface area contributed by atoms with E-state index in [9.17, 15) is 0 Å². The van der Waals surface area contributed by atoms with Crippen molar-refractivity contribution in [3.63, 3.8) is 0 Å². The Kier molecular flexibility index (Phi) is 3.60. The molecule has 0 aromatic carbocycles. The summed E-state index contributed by atoms with van der Waals surface area (Å²) in [6, 6.07) is 8.06. The molecule has 1 aromatic heterocycles. The van der Waals surface area contributed by atoms with Gasteiger partial charge in [0.05, 0.1) is 7.11 Å². The number of rotatable bonds is 4. The molecule has 4 heteroatoms. The Morgan fingerprint density at radius 1 is 1.32 bits per heavy atom. The average molecular weight is 261 g/mol. The van der Waals surface area contributed by atoms with Crippen molar-refractivity contribution in [3.05, 3.63) is 18.2 Å². The van der Waals surface area contributed by atoms with Crippen LogP contribution in [0.2, 0.25) is 0 Å². The average Bonchev–Trinajstić information content (AvgIpc) is 2.79. The maximum Gasteiger partial charge on any atom is 0.214 e. The molecule has 2 bridgehead atoms. The number of pyridine rings is 1. The highest BCUT2D eigenvalue weighted by molar-refractivity contribution is 5.42. The fourth-order valence-corrected chi connectivity index (χ4v) is 3.57. The molecule has 3 heterocycles. The lowest BCUT2D eigenvalue weighted by atomic mass is 9.98. The minimum atomic E-state index is 0.614. The molecule has 2 aliphatic rings. The van der Waals surface area contributed by atoms with Crippen molar-refractivity contribution in [3.8, 4) is 5.88 Å². The molecule has 19 heavy (non-hydrogen) atoms. The van der Waals surface area contributed by atoms with Gasteiger partial charge in [-0.15, -0.1) is 0 Å². The van der Waals surface area contributed by atoms with E-state index in [4.69, 9.17) is 4.74 Å². The summed E-state index contributed by atoms with van der Waals surface area (Å²) in [4.78, 5) is 7.03. The van der Waals surface area contributed by atoms with Gasteiger partial charge in [0.2, 0.25) is 5.88 Å². The standard InChI is InChI=1S/C15H23N3O/c1-3-18(14-5-4-6-15(17-14)19-2)13-9-11-7-8-12(10-13)16-11/h4-6,11-13,16H,3,7-10H2,1-2H3. The summed E-state index contributed by atoms with van der Waals surface area (Å²) in [6.45, 7) is 3.22. The first-order valence-corrected chi connectivity index (χ1v) is 7.34. The van der Waals surface area contributed by atoms with E-state index in [2.05, 4.69) is 28.2 Å². The van der Waals surface area contributed by atoms with Crippen LogP contribution in [0.15, 0.2) is 18.2 Å². The van der Waals surface area contributed by atoms with Crippen molar-refractivity contribution in [2.24, 2.45) is 0 Å².